The highest BCUT2D eigenvalue weighted by atomic mass is 32.2. The molecule has 37 heavy (non-hydrogen) atoms. The first-order valence-electron chi connectivity index (χ1n) is 11.8. The molecule has 4 aromatic rings. The molecule has 0 bridgehead atoms. The minimum atomic E-state index is -3.87. The molecule has 0 atom stereocenters. The number of para-hydroxylation sites is 1. The van der Waals surface area contributed by atoms with Gasteiger partial charge in [0.25, 0.3) is 5.91 Å². The maximum atomic E-state index is 15.0. The Morgan fingerprint density at radius 1 is 0.973 bits per heavy atom. The van der Waals surface area contributed by atoms with Crippen molar-refractivity contribution in [2.45, 2.75) is 10.6 Å². The summed E-state index contributed by atoms with van der Waals surface area (Å²) < 4.78 is 46.7. The van der Waals surface area contributed by atoms with E-state index < -0.39 is 21.4 Å². The number of nitrogens with zero attached hydrogens (tertiary/aromatic N) is 4. The highest BCUT2D eigenvalue weighted by Gasteiger charge is 2.26. The second-order valence-electron chi connectivity index (χ2n) is 8.71. The average Bonchev–Trinajstić information content (AvgIpc) is 2.93. The zero-order valence-corrected chi connectivity index (χ0v) is 21.0. The molecule has 10 heteroatoms. The van der Waals surface area contributed by atoms with Crippen molar-refractivity contribution in [2.24, 2.45) is 0 Å². The van der Waals surface area contributed by atoms with Crippen molar-refractivity contribution in [1.82, 2.24) is 14.9 Å². The van der Waals surface area contributed by atoms with E-state index in [1.165, 1.54) is 24.4 Å². The van der Waals surface area contributed by atoms with Gasteiger partial charge in [0.2, 0.25) is 0 Å². The van der Waals surface area contributed by atoms with Crippen LogP contribution in [0.15, 0.2) is 78.0 Å². The zero-order chi connectivity index (χ0) is 26.0. The van der Waals surface area contributed by atoms with E-state index in [-0.39, 0.29) is 21.9 Å². The van der Waals surface area contributed by atoms with Crippen LogP contribution in [0.25, 0.3) is 10.9 Å². The maximum absolute atomic E-state index is 15.0. The van der Waals surface area contributed by atoms with Crippen LogP contribution in [0.3, 0.4) is 0 Å². The molecule has 2 aromatic carbocycles. The first-order chi connectivity index (χ1) is 17.9. The van der Waals surface area contributed by atoms with Crippen molar-refractivity contribution < 1.29 is 22.3 Å². The molecule has 5 rings (SSSR count). The number of aromatic nitrogens is 2. The van der Waals surface area contributed by atoms with Crippen LogP contribution in [0.4, 0.5) is 10.2 Å². The minimum Gasteiger partial charge on any atom is -0.493 e. The summed E-state index contributed by atoms with van der Waals surface area (Å²) in [5.41, 5.74) is 0.519. The number of hydrogen-bond donors (Lipinski definition) is 0. The molecule has 1 saturated heterocycles. The third-order valence-corrected chi connectivity index (χ3v) is 8.10. The lowest BCUT2D eigenvalue weighted by Crippen LogP contribution is -2.49. The summed E-state index contributed by atoms with van der Waals surface area (Å²) in [6.45, 7) is 1.97. The molecule has 0 N–H and O–H groups in total. The Morgan fingerprint density at radius 2 is 1.70 bits per heavy atom. The topological polar surface area (TPSA) is 92.7 Å². The first-order valence-corrected chi connectivity index (χ1v) is 13.4. The van der Waals surface area contributed by atoms with Crippen molar-refractivity contribution in [3.63, 3.8) is 0 Å². The lowest BCUT2D eigenvalue weighted by Gasteiger charge is -2.35. The van der Waals surface area contributed by atoms with Gasteiger partial charge in [-0.1, -0.05) is 24.3 Å². The molecule has 0 spiro atoms. The minimum absolute atomic E-state index is 0.00319. The molecule has 0 radical (unpaired) electrons. The van der Waals surface area contributed by atoms with E-state index in [1.54, 1.807) is 48.5 Å². The second-order valence-corrected chi connectivity index (χ2v) is 10.7. The quantitative estimate of drug-likeness (QED) is 0.383. The summed E-state index contributed by atoms with van der Waals surface area (Å²) in [7, 11) is -2.29. The van der Waals surface area contributed by atoms with E-state index in [4.69, 9.17) is 4.74 Å². The maximum Gasteiger partial charge on any atom is 0.254 e. The summed E-state index contributed by atoms with van der Waals surface area (Å²) in [6.07, 6.45) is 3.21. The summed E-state index contributed by atoms with van der Waals surface area (Å²) >= 11 is 0. The van der Waals surface area contributed by atoms with Crippen LogP contribution in [0.1, 0.15) is 15.9 Å². The number of halogens is 1. The number of pyridine rings is 2. The molecule has 190 valence electrons. The van der Waals surface area contributed by atoms with Crippen molar-refractivity contribution in [2.75, 3.05) is 38.2 Å². The predicted molar refractivity (Wildman–Crippen MR) is 138 cm³/mol. The highest BCUT2D eigenvalue weighted by molar-refractivity contribution is 7.90. The summed E-state index contributed by atoms with van der Waals surface area (Å²) in [5, 5.41) is 0.687. The Kier molecular flexibility index (Phi) is 6.75. The van der Waals surface area contributed by atoms with E-state index >= 15 is 4.39 Å². The lowest BCUT2D eigenvalue weighted by molar-refractivity contribution is 0.0746. The molecular formula is C27H25FN4O4S. The number of ether oxygens (including phenoxy) is 1. The molecule has 1 fully saturated rings. The standard InChI is InChI=1S/C27H25FN4O4S/c1-36-23-7-4-12-30-26(23)31-13-15-32(16-14-31)27(33)20-9-10-21(22(28)17-20)18-37(34,35)24-8-2-5-19-6-3-11-29-25(19)24/h2-12,17H,13-16,18H2,1H3. The number of amides is 1. The molecule has 1 aliphatic rings. The Bertz CT molecular complexity index is 1560. The van der Waals surface area contributed by atoms with E-state index in [2.05, 4.69) is 9.97 Å². The van der Waals surface area contributed by atoms with E-state index in [0.717, 1.165) is 11.9 Å². The van der Waals surface area contributed by atoms with Crippen molar-refractivity contribution in [1.29, 1.82) is 0 Å². The fraction of sp³-hybridized carbons (Fsp3) is 0.222. The molecule has 0 saturated carbocycles. The first kappa shape index (κ1) is 24.6. The van der Waals surface area contributed by atoms with Gasteiger partial charge in [-0.15, -0.1) is 0 Å². The number of sulfone groups is 1. The van der Waals surface area contributed by atoms with Gasteiger partial charge in [-0.3, -0.25) is 9.78 Å². The summed E-state index contributed by atoms with van der Waals surface area (Å²) in [6, 6.07) is 16.0. The molecular weight excluding hydrogens is 495 g/mol. The predicted octanol–water partition coefficient (Wildman–Crippen LogP) is 3.71. The van der Waals surface area contributed by atoms with Crippen LogP contribution in [-0.4, -0.2) is 62.5 Å². The number of carbonyl (C=O) groups is 1. The molecule has 0 aliphatic carbocycles. The van der Waals surface area contributed by atoms with Gasteiger partial charge in [0.15, 0.2) is 21.4 Å². The Hall–Kier alpha value is -4.05. The Morgan fingerprint density at radius 3 is 2.46 bits per heavy atom. The fourth-order valence-electron chi connectivity index (χ4n) is 4.49. The number of anilines is 1. The van der Waals surface area contributed by atoms with Gasteiger partial charge >= 0.3 is 0 Å². The molecule has 2 aromatic heterocycles. The number of benzene rings is 2. The highest BCUT2D eigenvalue weighted by Crippen LogP contribution is 2.27. The fourth-order valence-corrected chi connectivity index (χ4v) is 6.04. The number of rotatable bonds is 6. The molecule has 3 heterocycles. The van der Waals surface area contributed by atoms with Crippen LogP contribution in [0.5, 0.6) is 5.75 Å². The van der Waals surface area contributed by atoms with Crippen LogP contribution >= 0.6 is 0 Å². The van der Waals surface area contributed by atoms with Crippen molar-refractivity contribution in [3.05, 3.63) is 90.0 Å². The van der Waals surface area contributed by atoms with Gasteiger partial charge in [0, 0.05) is 55.1 Å². The summed E-state index contributed by atoms with van der Waals surface area (Å²) in [5.74, 6) is -0.198. The number of carbonyl (C=O) groups excluding carboxylic acids is 1. The number of methoxy groups -OCH3 is 1. The molecule has 1 amide bonds. The smallest absolute Gasteiger partial charge is 0.254 e. The normalized spacial score (nSPS) is 14.1. The SMILES string of the molecule is COc1cccnc1N1CCN(C(=O)c2ccc(CS(=O)(=O)c3cccc4cccnc34)c(F)c2)CC1. The van der Waals surface area contributed by atoms with Crippen LogP contribution in [0, 0.1) is 5.82 Å². The van der Waals surface area contributed by atoms with Crippen LogP contribution in [0.2, 0.25) is 0 Å². The lowest BCUT2D eigenvalue weighted by atomic mass is 10.1. The largest absolute Gasteiger partial charge is 0.493 e. The Balaban J connectivity index is 1.29. The summed E-state index contributed by atoms with van der Waals surface area (Å²) in [4.78, 5) is 25.4. The monoisotopic (exact) mass is 520 g/mol. The van der Waals surface area contributed by atoms with Crippen LogP contribution in [-0.2, 0) is 15.6 Å². The van der Waals surface area contributed by atoms with Crippen LogP contribution < -0.4 is 9.64 Å². The third kappa shape index (κ3) is 4.97. The second kappa shape index (κ2) is 10.1. The average molecular weight is 521 g/mol. The van der Waals surface area contributed by atoms with Crippen molar-refractivity contribution >= 4 is 32.5 Å². The van der Waals surface area contributed by atoms with Gasteiger partial charge < -0.3 is 14.5 Å². The zero-order valence-electron chi connectivity index (χ0n) is 20.2. The van der Waals surface area contributed by atoms with E-state index in [1.807, 2.05) is 11.0 Å². The third-order valence-electron chi connectivity index (χ3n) is 6.41. The van der Waals surface area contributed by atoms with Gasteiger partial charge in [0.05, 0.1) is 23.3 Å². The van der Waals surface area contributed by atoms with Gasteiger partial charge in [-0.25, -0.2) is 17.8 Å². The number of fused-ring (bicyclic) bond motifs is 1. The molecule has 1 aliphatic heterocycles. The van der Waals surface area contributed by atoms with E-state index in [0.29, 0.717) is 42.8 Å². The van der Waals surface area contributed by atoms with Crippen molar-refractivity contribution in [3.8, 4) is 5.75 Å². The van der Waals surface area contributed by atoms with Gasteiger partial charge in [-0.05, 0) is 36.4 Å². The Labute approximate surface area is 214 Å². The number of piperazine rings is 1. The molecule has 8 nitrogen and oxygen atoms in total. The van der Waals surface area contributed by atoms with Gasteiger partial charge in [-0.2, -0.15) is 0 Å². The number of hydrogen-bond acceptors (Lipinski definition) is 7. The van der Waals surface area contributed by atoms with E-state index in [9.17, 15) is 13.2 Å². The molecule has 0 unspecified atom stereocenters. The van der Waals surface area contributed by atoms with Gasteiger partial charge in [0.1, 0.15) is 5.82 Å².